The zero-order valence-electron chi connectivity index (χ0n) is 16.2. The third kappa shape index (κ3) is 3.62. The van der Waals surface area contributed by atoms with Gasteiger partial charge in [0.05, 0.1) is 5.92 Å². The van der Waals surface area contributed by atoms with E-state index < -0.39 is 30.3 Å². The first-order chi connectivity index (χ1) is 12.9. The minimum atomic E-state index is -5.01. The average Bonchev–Trinajstić information content (AvgIpc) is 2.94. The Morgan fingerprint density at radius 2 is 1.89 bits per heavy atom. The van der Waals surface area contributed by atoms with Gasteiger partial charge in [-0.05, 0) is 42.4 Å². The van der Waals surface area contributed by atoms with Gasteiger partial charge < -0.3 is 9.84 Å². The van der Waals surface area contributed by atoms with Crippen molar-refractivity contribution < 1.29 is 27.8 Å². The maximum Gasteiger partial charge on any atom is 0.439 e. The second kappa shape index (κ2) is 7.06. The zero-order valence-corrected chi connectivity index (χ0v) is 16.2. The molecular weight excluding hydrogens is 373 g/mol. The lowest BCUT2D eigenvalue weighted by Gasteiger charge is -2.38. The number of nitrogens with zero attached hydrogens (tertiary/aromatic N) is 2. The van der Waals surface area contributed by atoms with Gasteiger partial charge in [-0.2, -0.15) is 23.3 Å². The van der Waals surface area contributed by atoms with Gasteiger partial charge >= 0.3 is 6.18 Å². The molecule has 1 heterocycles. The minimum Gasteiger partial charge on any atom is -0.484 e. The first-order valence-corrected chi connectivity index (χ1v) is 9.37. The molecule has 0 radical (unpaired) electrons. The van der Waals surface area contributed by atoms with Crippen molar-refractivity contribution in [3.8, 4) is 5.75 Å². The molecule has 1 aromatic carbocycles. The van der Waals surface area contributed by atoms with E-state index in [1.165, 1.54) is 0 Å². The van der Waals surface area contributed by atoms with Crippen LogP contribution in [0.3, 0.4) is 0 Å². The summed E-state index contributed by atoms with van der Waals surface area (Å²) < 4.78 is 46.4. The summed E-state index contributed by atoms with van der Waals surface area (Å²) in [5.41, 5.74) is -2.07. The highest BCUT2D eigenvalue weighted by atomic mass is 19.4. The fraction of sp³-hybridized carbons (Fsp3) is 0.600. The maximum absolute atomic E-state index is 13.7. The van der Waals surface area contributed by atoms with Crippen molar-refractivity contribution in [2.45, 2.75) is 63.8 Å². The van der Waals surface area contributed by atoms with Gasteiger partial charge in [-0.3, -0.25) is 4.79 Å². The second-order valence-electron chi connectivity index (χ2n) is 8.38. The fourth-order valence-electron chi connectivity index (χ4n) is 3.72. The van der Waals surface area contributed by atoms with Crippen molar-refractivity contribution >= 4 is 11.6 Å². The highest BCUT2D eigenvalue weighted by molar-refractivity contribution is 5.93. The Hall–Kier alpha value is -2.09. The zero-order chi connectivity index (χ0) is 20.7. The van der Waals surface area contributed by atoms with Crippen molar-refractivity contribution in [2.24, 2.45) is 11.0 Å². The Morgan fingerprint density at radius 1 is 1.25 bits per heavy atom. The first-order valence-electron chi connectivity index (χ1n) is 9.37. The summed E-state index contributed by atoms with van der Waals surface area (Å²) in [5, 5.41) is 14.5. The Labute approximate surface area is 162 Å². The number of hydrogen-bond donors (Lipinski definition) is 1. The van der Waals surface area contributed by atoms with Crippen molar-refractivity contribution in [2.75, 3.05) is 6.61 Å². The van der Waals surface area contributed by atoms with E-state index in [2.05, 4.69) is 25.9 Å². The number of ether oxygens (including phenoxy) is 1. The predicted octanol–water partition coefficient (Wildman–Crippen LogP) is 4.00. The van der Waals surface area contributed by atoms with E-state index >= 15 is 0 Å². The highest BCUT2D eigenvalue weighted by Crippen LogP contribution is 2.48. The summed E-state index contributed by atoms with van der Waals surface area (Å²) in [7, 11) is 0. The number of amides is 1. The molecule has 1 aromatic rings. The Balaban J connectivity index is 1.74. The van der Waals surface area contributed by atoms with Crippen LogP contribution in [-0.2, 0) is 10.2 Å². The number of hydrogen-bond acceptors (Lipinski definition) is 4. The molecule has 1 aliphatic carbocycles. The number of carbonyl (C=O) groups excluding carboxylic acids is 1. The molecule has 2 atom stereocenters. The molecule has 28 heavy (non-hydrogen) atoms. The quantitative estimate of drug-likeness (QED) is 0.837. The largest absolute Gasteiger partial charge is 0.484 e. The van der Waals surface area contributed by atoms with Crippen molar-refractivity contribution in [1.29, 1.82) is 0 Å². The van der Waals surface area contributed by atoms with E-state index in [1.54, 1.807) is 12.1 Å². The summed E-state index contributed by atoms with van der Waals surface area (Å²) in [6.07, 6.45) is -3.26. The van der Waals surface area contributed by atoms with E-state index in [0.29, 0.717) is 25.0 Å². The third-order valence-electron chi connectivity index (χ3n) is 5.35. The molecule has 5 nitrogen and oxygen atoms in total. The molecule has 0 bridgehead atoms. The number of fused-ring (bicyclic) bond motifs is 1. The van der Waals surface area contributed by atoms with Gasteiger partial charge in [-0.25, -0.2) is 0 Å². The molecule has 154 valence electrons. The standard InChI is InChI=1S/C20H25F3N2O3/c1-18(2,3)13-8-10-14(11-9-13)28-12-17(26)25-19(27,20(21,22)23)15-6-4-5-7-16(15)24-25/h8-11,15,27H,4-7,12H2,1-3H3/t15-,19+/m0/s1. The Kier molecular flexibility index (Phi) is 5.20. The summed E-state index contributed by atoms with van der Waals surface area (Å²) in [6, 6.07) is 7.02. The number of rotatable bonds is 3. The number of aliphatic hydroxyl groups is 1. The second-order valence-corrected chi connectivity index (χ2v) is 8.38. The van der Waals surface area contributed by atoms with Gasteiger partial charge in [0.2, 0.25) is 0 Å². The molecule has 1 amide bonds. The monoisotopic (exact) mass is 398 g/mol. The van der Waals surface area contributed by atoms with E-state index in [9.17, 15) is 23.1 Å². The van der Waals surface area contributed by atoms with Gasteiger partial charge in [0.1, 0.15) is 5.75 Å². The molecule has 0 unspecified atom stereocenters. The summed E-state index contributed by atoms with van der Waals surface area (Å²) >= 11 is 0. The molecule has 0 spiro atoms. The molecule has 3 rings (SSSR count). The lowest BCUT2D eigenvalue weighted by Crippen LogP contribution is -2.62. The lowest BCUT2D eigenvalue weighted by atomic mass is 9.80. The van der Waals surface area contributed by atoms with Crippen LogP contribution >= 0.6 is 0 Å². The molecule has 1 aliphatic heterocycles. The maximum atomic E-state index is 13.7. The van der Waals surface area contributed by atoms with Crippen LogP contribution < -0.4 is 4.74 Å². The van der Waals surface area contributed by atoms with Crippen molar-refractivity contribution in [1.82, 2.24) is 5.01 Å². The van der Waals surface area contributed by atoms with Crippen molar-refractivity contribution in [3.63, 3.8) is 0 Å². The van der Waals surface area contributed by atoms with Crippen LogP contribution in [0.1, 0.15) is 52.0 Å². The van der Waals surface area contributed by atoms with Crippen molar-refractivity contribution in [3.05, 3.63) is 29.8 Å². The van der Waals surface area contributed by atoms with Crippen LogP contribution in [0.15, 0.2) is 29.4 Å². The van der Waals surface area contributed by atoms with Gasteiger partial charge in [0.25, 0.3) is 11.6 Å². The number of hydrazone groups is 1. The molecule has 1 saturated carbocycles. The molecule has 2 aliphatic rings. The van der Waals surface area contributed by atoms with Crippen LogP contribution in [0.5, 0.6) is 5.75 Å². The van der Waals surface area contributed by atoms with Gasteiger partial charge in [0, 0.05) is 5.71 Å². The molecule has 1 N–H and O–H groups in total. The van der Waals surface area contributed by atoms with Crippen LogP contribution in [0.25, 0.3) is 0 Å². The topological polar surface area (TPSA) is 62.1 Å². The first kappa shape index (κ1) is 20.6. The lowest BCUT2D eigenvalue weighted by molar-refractivity contribution is -0.317. The summed E-state index contributed by atoms with van der Waals surface area (Å²) in [4.78, 5) is 12.5. The number of alkyl halides is 3. The van der Waals surface area contributed by atoms with Gasteiger partial charge in [-0.1, -0.05) is 39.3 Å². The molecule has 0 aromatic heterocycles. The highest BCUT2D eigenvalue weighted by Gasteiger charge is 2.68. The Morgan fingerprint density at radius 3 is 2.46 bits per heavy atom. The van der Waals surface area contributed by atoms with Gasteiger partial charge in [0.15, 0.2) is 6.61 Å². The molecular formula is C20H25F3N2O3. The normalized spacial score (nSPS) is 25.3. The van der Waals surface area contributed by atoms with Crippen LogP contribution in [0, 0.1) is 5.92 Å². The third-order valence-corrected chi connectivity index (χ3v) is 5.35. The minimum absolute atomic E-state index is 0.0561. The number of benzene rings is 1. The number of carbonyl (C=O) groups is 1. The van der Waals surface area contributed by atoms with Crippen LogP contribution in [-0.4, -0.2) is 40.2 Å². The molecule has 0 saturated heterocycles. The van der Waals surface area contributed by atoms with E-state index in [1.807, 2.05) is 12.1 Å². The average molecular weight is 398 g/mol. The van der Waals surface area contributed by atoms with E-state index in [-0.39, 0.29) is 22.6 Å². The predicted molar refractivity (Wildman–Crippen MR) is 97.9 cm³/mol. The van der Waals surface area contributed by atoms with E-state index in [0.717, 1.165) is 5.56 Å². The van der Waals surface area contributed by atoms with Crippen LogP contribution in [0.4, 0.5) is 13.2 Å². The number of halogens is 3. The van der Waals surface area contributed by atoms with E-state index in [4.69, 9.17) is 4.74 Å². The van der Waals surface area contributed by atoms with Gasteiger partial charge in [-0.15, -0.1) is 0 Å². The summed E-state index contributed by atoms with van der Waals surface area (Å²) in [6.45, 7) is 5.51. The summed E-state index contributed by atoms with van der Waals surface area (Å²) in [5.74, 6) is -1.88. The smallest absolute Gasteiger partial charge is 0.439 e. The van der Waals surface area contributed by atoms with Crippen LogP contribution in [0.2, 0.25) is 0 Å². The molecule has 8 heteroatoms. The fourth-order valence-corrected chi connectivity index (χ4v) is 3.72. The SMILES string of the molecule is CC(C)(C)c1ccc(OCC(=O)N2N=C3CCCC[C@@H]3[C@@]2(O)C(F)(F)F)cc1. The molecule has 1 fully saturated rings. The Bertz CT molecular complexity index is 768.